The molecule has 0 radical (unpaired) electrons. The molecule has 0 aliphatic heterocycles. The standard InChI is InChI=1S/C16H16Br2/c17-11-15(13-7-3-1-4-8-13)16(12-18)14-9-5-2-6-10-14/h1-10,15-16H,11-12H2. The van der Waals surface area contributed by atoms with Gasteiger partial charge in [-0.3, -0.25) is 0 Å². The molecular weight excluding hydrogens is 352 g/mol. The molecule has 0 saturated heterocycles. The molecule has 0 spiro atoms. The van der Waals surface area contributed by atoms with Crippen molar-refractivity contribution in [3.8, 4) is 0 Å². The fourth-order valence-corrected chi connectivity index (χ4v) is 3.91. The first-order valence-electron chi connectivity index (χ1n) is 6.08. The second-order valence-electron chi connectivity index (χ2n) is 4.34. The quantitative estimate of drug-likeness (QED) is 0.625. The van der Waals surface area contributed by atoms with Gasteiger partial charge in [0.2, 0.25) is 0 Å². The lowest BCUT2D eigenvalue weighted by atomic mass is 9.84. The molecular formula is C16H16Br2. The average Bonchev–Trinajstić information content (AvgIpc) is 2.46. The first-order valence-corrected chi connectivity index (χ1v) is 8.33. The van der Waals surface area contributed by atoms with Crippen LogP contribution in [0.1, 0.15) is 23.0 Å². The molecule has 0 nitrogen and oxygen atoms in total. The van der Waals surface area contributed by atoms with Crippen LogP contribution in [-0.2, 0) is 0 Å². The average molecular weight is 368 g/mol. The number of hydrogen-bond donors (Lipinski definition) is 0. The Morgan fingerprint density at radius 3 is 1.22 bits per heavy atom. The Bertz CT molecular complexity index is 408. The maximum atomic E-state index is 3.67. The van der Waals surface area contributed by atoms with E-state index in [0.29, 0.717) is 11.8 Å². The van der Waals surface area contributed by atoms with Gasteiger partial charge in [0.25, 0.3) is 0 Å². The number of benzene rings is 2. The summed E-state index contributed by atoms with van der Waals surface area (Å²) in [4.78, 5) is 0. The van der Waals surface area contributed by atoms with Gasteiger partial charge in [-0.05, 0) is 11.1 Å². The second kappa shape index (κ2) is 7.10. The van der Waals surface area contributed by atoms with Gasteiger partial charge in [0.05, 0.1) is 0 Å². The monoisotopic (exact) mass is 366 g/mol. The van der Waals surface area contributed by atoms with Gasteiger partial charge in [-0.25, -0.2) is 0 Å². The van der Waals surface area contributed by atoms with E-state index in [1.54, 1.807) is 0 Å². The first-order chi connectivity index (χ1) is 8.86. The predicted molar refractivity (Wildman–Crippen MR) is 86.0 cm³/mol. The molecule has 0 N–H and O–H groups in total. The third-order valence-corrected chi connectivity index (χ3v) is 4.67. The summed E-state index contributed by atoms with van der Waals surface area (Å²) in [6.07, 6.45) is 0. The largest absolute Gasteiger partial charge is 0.0921 e. The predicted octanol–water partition coefficient (Wildman–Crippen LogP) is 5.34. The molecule has 18 heavy (non-hydrogen) atoms. The van der Waals surface area contributed by atoms with Gasteiger partial charge in [0, 0.05) is 22.5 Å². The summed E-state index contributed by atoms with van der Waals surface area (Å²) in [6.45, 7) is 0. The topological polar surface area (TPSA) is 0 Å². The minimum atomic E-state index is 0.493. The van der Waals surface area contributed by atoms with Gasteiger partial charge < -0.3 is 0 Å². The lowest BCUT2D eigenvalue weighted by Gasteiger charge is -2.25. The van der Waals surface area contributed by atoms with E-state index in [1.807, 2.05) is 0 Å². The maximum Gasteiger partial charge on any atom is 0.0106 e. The van der Waals surface area contributed by atoms with E-state index in [2.05, 4.69) is 92.5 Å². The minimum absolute atomic E-state index is 0.493. The Morgan fingerprint density at radius 2 is 0.944 bits per heavy atom. The van der Waals surface area contributed by atoms with Crippen LogP contribution >= 0.6 is 31.9 Å². The van der Waals surface area contributed by atoms with Crippen LogP contribution in [0.2, 0.25) is 0 Å². The van der Waals surface area contributed by atoms with Crippen molar-refractivity contribution in [3.63, 3.8) is 0 Å². The van der Waals surface area contributed by atoms with E-state index in [4.69, 9.17) is 0 Å². The SMILES string of the molecule is BrCC(c1ccccc1)C(CBr)c1ccccc1. The van der Waals surface area contributed by atoms with E-state index in [1.165, 1.54) is 11.1 Å². The fraction of sp³-hybridized carbons (Fsp3) is 0.250. The Morgan fingerprint density at radius 1 is 0.611 bits per heavy atom. The number of hydrogen-bond acceptors (Lipinski definition) is 0. The Kier molecular flexibility index (Phi) is 5.45. The summed E-state index contributed by atoms with van der Waals surface area (Å²) in [5.74, 6) is 0.987. The second-order valence-corrected chi connectivity index (χ2v) is 5.64. The zero-order valence-electron chi connectivity index (χ0n) is 10.1. The maximum absolute atomic E-state index is 3.67. The van der Waals surface area contributed by atoms with E-state index in [9.17, 15) is 0 Å². The highest BCUT2D eigenvalue weighted by atomic mass is 79.9. The molecule has 2 atom stereocenters. The van der Waals surface area contributed by atoms with Crippen LogP contribution in [0.5, 0.6) is 0 Å². The summed E-state index contributed by atoms with van der Waals surface area (Å²) in [5, 5.41) is 1.95. The van der Waals surface area contributed by atoms with Crippen molar-refractivity contribution in [3.05, 3.63) is 71.8 Å². The molecule has 0 aliphatic carbocycles. The molecule has 0 amide bonds. The lowest BCUT2D eigenvalue weighted by Crippen LogP contribution is -2.14. The molecule has 94 valence electrons. The zero-order valence-corrected chi connectivity index (χ0v) is 13.3. The van der Waals surface area contributed by atoms with E-state index < -0.39 is 0 Å². The molecule has 2 unspecified atom stereocenters. The van der Waals surface area contributed by atoms with Gasteiger partial charge in [-0.1, -0.05) is 92.5 Å². The molecule has 0 saturated carbocycles. The molecule has 0 heterocycles. The third kappa shape index (κ3) is 3.24. The van der Waals surface area contributed by atoms with Crippen LogP contribution in [0.15, 0.2) is 60.7 Å². The zero-order chi connectivity index (χ0) is 12.8. The van der Waals surface area contributed by atoms with Crippen molar-refractivity contribution >= 4 is 31.9 Å². The molecule has 2 aromatic carbocycles. The smallest absolute Gasteiger partial charge is 0.0106 e. The molecule has 2 aromatic rings. The van der Waals surface area contributed by atoms with Gasteiger partial charge in [-0.15, -0.1) is 0 Å². The summed E-state index contributed by atoms with van der Waals surface area (Å²) in [5.41, 5.74) is 2.78. The van der Waals surface area contributed by atoms with Crippen molar-refractivity contribution in [1.29, 1.82) is 0 Å². The minimum Gasteiger partial charge on any atom is -0.0921 e. The highest BCUT2D eigenvalue weighted by Crippen LogP contribution is 2.35. The van der Waals surface area contributed by atoms with Crippen LogP contribution in [-0.4, -0.2) is 10.7 Å². The van der Waals surface area contributed by atoms with Crippen molar-refractivity contribution < 1.29 is 0 Å². The van der Waals surface area contributed by atoms with Crippen LogP contribution in [0.3, 0.4) is 0 Å². The van der Waals surface area contributed by atoms with Crippen molar-refractivity contribution in [2.24, 2.45) is 0 Å². The Hall–Kier alpha value is -0.600. The molecule has 0 fully saturated rings. The summed E-state index contributed by atoms with van der Waals surface area (Å²) in [6, 6.07) is 21.4. The van der Waals surface area contributed by atoms with Crippen LogP contribution < -0.4 is 0 Å². The highest BCUT2D eigenvalue weighted by molar-refractivity contribution is 9.09. The first kappa shape index (κ1) is 13.8. The third-order valence-electron chi connectivity index (χ3n) is 3.27. The molecule has 0 aliphatic rings. The molecule has 2 heteroatoms. The van der Waals surface area contributed by atoms with E-state index in [-0.39, 0.29) is 0 Å². The lowest BCUT2D eigenvalue weighted by molar-refractivity contribution is 0.647. The highest BCUT2D eigenvalue weighted by Gasteiger charge is 2.22. The summed E-state index contributed by atoms with van der Waals surface area (Å²) < 4.78 is 0. The van der Waals surface area contributed by atoms with Gasteiger partial charge in [0.1, 0.15) is 0 Å². The van der Waals surface area contributed by atoms with E-state index >= 15 is 0 Å². The normalized spacial score (nSPS) is 14.1. The Balaban J connectivity index is 2.31. The van der Waals surface area contributed by atoms with Crippen LogP contribution in [0, 0.1) is 0 Å². The number of rotatable bonds is 5. The van der Waals surface area contributed by atoms with Gasteiger partial charge >= 0.3 is 0 Å². The summed E-state index contributed by atoms with van der Waals surface area (Å²) in [7, 11) is 0. The number of alkyl halides is 2. The van der Waals surface area contributed by atoms with Crippen molar-refractivity contribution in [1.82, 2.24) is 0 Å². The van der Waals surface area contributed by atoms with Gasteiger partial charge in [-0.2, -0.15) is 0 Å². The van der Waals surface area contributed by atoms with E-state index in [0.717, 1.165) is 10.7 Å². The Labute approximate surface area is 126 Å². The molecule has 2 rings (SSSR count). The van der Waals surface area contributed by atoms with Crippen molar-refractivity contribution in [2.45, 2.75) is 11.8 Å². The summed E-state index contributed by atoms with van der Waals surface area (Å²) >= 11 is 7.34. The fourth-order valence-electron chi connectivity index (χ4n) is 2.26. The van der Waals surface area contributed by atoms with Gasteiger partial charge in [0.15, 0.2) is 0 Å². The van der Waals surface area contributed by atoms with Crippen LogP contribution in [0.25, 0.3) is 0 Å². The van der Waals surface area contributed by atoms with Crippen molar-refractivity contribution in [2.75, 3.05) is 10.7 Å². The molecule has 0 aromatic heterocycles. The van der Waals surface area contributed by atoms with Crippen LogP contribution in [0.4, 0.5) is 0 Å². The number of halogens is 2. The molecule has 0 bridgehead atoms.